The number of nitrogens with zero attached hydrogens (tertiary/aromatic N) is 1. The zero-order valence-electron chi connectivity index (χ0n) is 15.3. The van der Waals surface area contributed by atoms with Gasteiger partial charge in [-0.1, -0.05) is 0 Å². The number of benzene rings is 1. The normalized spacial score (nSPS) is 13.3. The number of nitrogens with two attached hydrogens (primary N) is 1. The minimum Gasteiger partial charge on any atom is -0.366 e. The van der Waals surface area contributed by atoms with Crippen molar-refractivity contribution in [3.8, 4) is 0 Å². The van der Waals surface area contributed by atoms with Gasteiger partial charge >= 0.3 is 6.18 Å². The molecule has 2 aromatic rings. The van der Waals surface area contributed by atoms with E-state index in [9.17, 15) is 22.4 Å². The molecule has 1 amide bonds. The second kappa shape index (κ2) is 8.83. The van der Waals surface area contributed by atoms with E-state index in [1.807, 2.05) is 0 Å². The van der Waals surface area contributed by atoms with Gasteiger partial charge in [-0.3, -0.25) is 4.79 Å². The lowest BCUT2D eigenvalue weighted by Crippen LogP contribution is -2.32. The van der Waals surface area contributed by atoms with Gasteiger partial charge in [-0.05, 0) is 61.9 Å². The highest BCUT2D eigenvalue weighted by molar-refractivity contribution is 5.93. The van der Waals surface area contributed by atoms with E-state index in [-0.39, 0.29) is 18.0 Å². The largest absolute Gasteiger partial charge is 0.416 e. The molecule has 9 heteroatoms. The predicted octanol–water partition coefficient (Wildman–Crippen LogP) is 3.22. The fraction of sp³-hybridized carbons (Fsp3) is 0.263. The Morgan fingerprint density at radius 2 is 1.96 bits per heavy atom. The van der Waals surface area contributed by atoms with Gasteiger partial charge in [-0.2, -0.15) is 13.2 Å². The van der Waals surface area contributed by atoms with E-state index in [4.69, 9.17) is 5.73 Å². The minimum absolute atomic E-state index is 0.0807. The zero-order chi connectivity index (χ0) is 20.9. The zero-order valence-corrected chi connectivity index (χ0v) is 15.3. The molecule has 28 heavy (non-hydrogen) atoms. The Bertz CT molecular complexity index is 880. The lowest BCUT2D eigenvalue weighted by Gasteiger charge is -2.13. The number of hydrogen-bond donors (Lipinski definition) is 3. The van der Waals surface area contributed by atoms with Crippen LogP contribution < -0.4 is 16.4 Å². The fourth-order valence-corrected chi connectivity index (χ4v) is 2.53. The van der Waals surface area contributed by atoms with Crippen molar-refractivity contribution in [2.24, 2.45) is 5.73 Å². The maximum atomic E-state index is 13.6. The SMILES string of the molecule is CNC(C)/C(=C\Nc1cc(Cc2cc(F)cc(C(F)(F)F)c2)ccn1)C(N)=O. The Balaban J connectivity index is 2.22. The smallest absolute Gasteiger partial charge is 0.366 e. The molecule has 4 N–H and O–H groups in total. The summed E-state index contributed by atoms with van der Waals surface area (Å²) in [6.45, 7) is 1.75. The molecule has 2 rings (SSSR count). The lowest BCUT2D eigenvalue weighted by molar-refractivity contribution is -0.137. The Morgan fingerprint density at radius 3 is 2.57 bits per heavy atom. The summed E-state index contributed by atoms with van der Waals surface area (Å²) >= 11 is 0. The van der Waals surface area contributed by atoms with E-state index in [0.717, 1.165) is 12.1 Å². The number of nitrogens with one attached hydrogen (secondary N) is 2. The van der Waals surface area contributed by atoms with Crippen molar-refractivity contribution in [2.45, 2.75) is 25.6 Å². The molecule has 150 valence electrons. The van der Waals surface area contributed by atoms with Crippen molar-refractivity contribution < 1.29 is 22.4 Å². The summed E-state index contributed by atoms with van der Waals surface area (Å²) in [5.41, 5.74) is 5.40. The van der Waals surface area contributed by atoms with Gasteiger partial charge in [0.25, 0.3) is 0 Å². The molecule has 1 heterocycles. The quantitative estimate of drug-likeness (QED) is 0.496. The number of aromatic nitrogens is 1. The first-order valence-corrected chi connectivity index (χ1v) is 8.35. The van der Waals surface area contributed by atoms with E-state index in [0.29, 0.717) is 23.0 Å². The van der Waals surface area contributed by atoms with Crippen LogP contribution in [0.4, 0.5) is 23.4 Å². The molecule has 1 atom stereocenters. The third-order valence-corrected chi connectivity index (χ3v) is 4.08. The number of halogens is 4. The summed E-state index contributed by atoms with van der Waals surface area (Å²) in [4.78, 5) is 15.6. The van der Waals surface area contributed by atoms with Crippen molar-refractivity contribution in [2.75, 3.05) is 12.4 Å². The van der Waals surface area contributed by atoms with Gasteiger partial charge in [-0.25, -0.2) is 9.37 Å². The standard InChI is InChI=1S/C19H20F4N4O/c1-11(25-2)16(18(24)28)10-27-17-8-12(3-4-26-17)5-13-6-14(19(21,22)23)9-15(20)7-13/h3-4,6-11,25H,5H2,1-2H3,(H2,24,28)(H,26,27)/b16-10+. The number of anilines is 1. The molecule has 0 fully saturated rings. The number of pyridine rings is 1. The topological polar surface area (TPSA) is 80.0 Å². The highest BCUT2D eigenvalue weighted by Crippen LogP contribution is 2.31. The monoisotopic (exact) mass is 396 g/mol. The number of primary amides is 1. The number of amides is 1. The summed E-state index contributed by atoms with van der Waals surface area (Å²) in [7, 11) is 1.68. The van der Waals surface area contributed by atoms with Crippen LogP contribution in [0.5, 0.6) is 0 Å². The molecule has 1 unspecified atom stereocenters. The van der Waals surface area contributed by atoms with Crippen LogP contribution in [0.15, 0.2) is 48.3 Å². The van der Waals surface area contributed by atoms with E-state index < -0.39 is 23.5 Å². The van der Waals surface area contributed by atoms with Gasteiger partial charge in [0.1, 0.15) is 11.6 Å². The average molecular weight is 396 g/mol. The molecular weight excluding hydrogens is 376 g/mol. The number of carbonyl (C=O) groups excluding carboxylic acids is 1. The maximum absolute atomic E-state index is 13.6. The Morgan fingerprint density at radius 1 is 1.25 bits per heavy atom. The Hall–Kier alpha value is -2.94. The molecule has 0 radical (unpaired) electrons. The Kier molecular flexibility index (Phi) is 6.74. The van der Waals surface area contributed by atoms with E-state index in [1.54, 1.807) is 26.1 Å². The minimum atomic E-state index is -4.62. The molecule has 1 aromatic carbocycles. The first-order valence-electron chi connectivity index (χ1n) is 8.35. The van der Waals surface area contributed by atoms with Gasteiger partial charge in [0.05, 0.1) is 5.56 Å². The summed E-state index contributed by atoms with van der Waals surface area (Å²) in [5.74, 6) is -1.19. The van der Waals surface area contributed by atoms with Crippen LogP contribution in [-0.4, -0.2) is 24.0 Å². The van der Waals surface area contributed by atoms with Crippen LogP contribution in [0, 0.1) is 5.82 Å². The number of alkyl halides is 3. The molecule has 0 spiro atoms. The number of hydrogen-bond acceptors (Lipinski definition) is 4. The molecule has 0 bridgehead atoms. The van der Waals surface area contributed by atoms with Crippen molar-refractivity contribution in [3.63, 3.8) is 0 Å². The molecule has 0 saturated carbocycles. The molecule has 5 nitrogen and oxygen atoms in total. The molecule has 0 saturated heterocycles. The number of rotatable bonds is 7. The van der Waals surface area contributed by atoms with E-state index in [1.165, 1.54) is 12.4 Å². The first-order chi connectivity index (χ1) is 13.1. The van der Waals surface area contributed by atoms with Gasteiger partial charge in [-0.15, -0.1) is 0 Å². The predicted molar refractivity (Wildman–Crippen MR) is 97.9 cm³/mol. The maximum Gasteiger partial charge on any atom is 0.416 e. The van der Waals surface area contributed by atoms with Crippen LogP contribution in [0.3, 0.4) is 0 Å². The van der Waals surface area contributed by atoms with Crippen LogP contribution in [0.1, 0.15) is 23.6 Å². The molecule has 0 aliphatic heterocycles. The van der Waals surface area contributed by atoms with Crippen LogP contribution in [0.25, 0.3) is 0 Å². The van der Waals surface area contributed by atoms with E-state index >= 15 is 0 Å². The third-order valence-electron chi connectivity index (χ3n) is 4.08. The second-order valence-corrected chi connectivity index (χ2v) is 6.19. The highest BCUT2D eigenvalue weighted by atomic mass is 19.4. The average Bonchev–Trinajstić information content (AvgIpc) is 2.60. The molecule has 0 aliphatic rings. The highest BCUT2D eigenvalue weighted by Gasteiger charge is 2.31. The summed E-state index contributed by atoms with van der Waals surface area (Å²) < 4.78 is 52.1. The second-order valence-electron chi connectivity index (χ2n) is 6.19. The van der Waals surface area contributed by atoms with Crippen LogP contribution >= 0.6 is 0 Å². The van der Waals surface area contributed by atoms with Gasteiger partial charge < -0.3 is 16.4 Å². The third kappa shape index (κ3) is 5.78. The number of carbonyl (C=O) groups is 1. The molecular formula is C19H20F4N4O. The van der Waals surface area contributed by atoms with Crippen molar-refractivity contribution in [3.05, 3.63) is 70.8 Å². The van der Waals surface area contributed by atoms with Gasteiger partial charge in [0.2, 0.25) is 5.91 Å². The summed E-state index contributed by atoms with van der Waals surface area (Å²) in [5, 5.41) is 5.74. The lowest BCUT2D eigenvalue weighted by atomic mass is 10.0. The van der Waals surface area contributed by atoms with Crippen LogP contribution in [0.2, 0.25) is 0 Å². The number of likely N-dealkylation sites (N-methyl/N-ethyl adjacent to an activating group) is 1. The molecule has 1 aromatic heterocycles. The van der Waals surface area contributed by atoms with Crippen molar-refractivity contribution >= 4 is 11.7 Å². The Labute approximate surface area is 159 Å². The first kappa shape index (κ1) is 21.4. The van der Waals surface area contributed by atoms with Crippen LogP contribution in [-0.2, 0) is 17.4 Å². The van der Waals surface area contributed by atoms with E-state index in [2.05, 4.69) is 15.6 Å². The van der Waals surface area contributed by atoms with Gasteiger partial charge in [0.15, 0.2) is 0 Å². The summed E-state index contributed by atoms with van der Waals surface area (Å²) in [6, 6.07) is 5.34. The van der Waals surface area contributed by atoms with Gasteiger partial charge in [0, 0.05) is 24.0 Å². The fourth-order valence-electron chi connectivity index (χ4n) is 2.53. The van der Waals surface area contributed by atoms with Crippen molar-refractivity contribution in [1.82, 2.24) is 10.3 Å². The molecule has 0 aliphatic carbocycles. The van der Waals surface area contributed by atoms with Crippen molar-refractivity contribution in [1.29, 1.82) is 0 Å². The summed E-state index contributed by atoms with van der Waals surface area (Å²) in [6.07, 6.45) is -1.67.